The molecule has 0 spiro atoms. The molecule has 0 aliphatic heterocycles. The van der Waals surface area contributed by atoms with Crippen molar-refractivity contribution < 1.29 is 13.2 Å². The van der Waals surface area contributed by atoms with E-state index in [1.54, 1.807) is 0 Å². The SMILES string of the molecule is NC(c1cnccc1C(F)(F)F)C1CC1c1ccccc1. The fourth-order valence-electron chi connectivity index (χ4n) is 2.86. The first kappa shape index (κ1) is 14.1. The number of hydrogen-bond donors (Lipinski definition) is 1. The quantitative estimate of drug-likeness (QED) is 0.931. The molecular formula is C16H15F3N2. The van der Waals surface area contributed by atoms with Gasteiger partial charge in [0.1, 0.15) is 0 Å². The van der Waals surface area contributed by atoms with Crippen LogP contribution in [0.2, 0.25) is 0 Å². The van der Waals surface area contributed by atoms with Crippen LogP contribution < -0.4 is 5.73 Å². The summed E-state index contributed by atoms with van der Waals surface area (Å²) in [6.45, 7) is 0. The summed E-state index contributed by atoms with van der Waals surface area (Å²) in [7, 11) is 0. The van der Waals surface area contributed by atoms with Crippen molar-refractivity contribution >= 4 is 0 Å². The average molecular weight is 292 g/mol. The Labute approximate surface area is 120 Å². The molecular weight excluding hydrogens is 277 g/mol. The van der Waals surface area contributed by atoms with Crippen LogP contribution in [-0.4, -0.2) is 4.98 Å². The third-order valence-corrected chi connectivity index (χ3v) is 4.05. The zero-order chi connectivity index (χ0) is 15.0. The number of alkyl halides is 3. The van der Waals surface area contributed by atoms with E-state index in [-0.39, 0.29) is 17.4 Å². The summed E-state index contributed by atoms with van der Waals surface area (Å²) in [4.78, 5) is 3.81. The summed E-state index contributed by atoms with van der Waals surface area (Å²) in [5.41, 5.74) is 6.63. The van der Waals surface area contributed by atoms with Gasteiger partial charge < -0.3 is 5.73 Å². The predicted octanol–water partition coefficient (Wildman–Crippen LogP) is 3.90. The Balaban J connectivity index is 1.84. The molecule has 1 fully saturated rings. The molecule has 1 aromatic heterocycles. The van der Waals surface area contributed by atoms with Crippen LogP contribution in [0.1, 0.15) is 35.1 Å². The van der Waals surface area contributed by atoms with E-state index in [1.807, 2.05) is 30.3 Å². The molecule has 110 valence electrons. The van der Waals surface area contributed by atoms with E-state index in [2.05, 4.69) is 4.98 Å². The maximum atomic E-state index is 13.0. The Bertz CT molecular complexity index is 625. The third kappa shape index (κ3) is 2.78. The van der Waals surface area contributed by atoms with Crippen molar-refractivity contribution in [1.29, 1.82) is 0 Å². The van der Waals surface area contributed by atoms with E-state index in [4.69, 9.17) is 5.73 Å². The van der Waals surface area contributed by atoms with E-state index in [0.717, 1.165) is 24.2 Å². The van der Waals surface area contributed by atoms with Crippen LogP contribution in [0.3, 0.4) is 0 Å². The minimum atomic E-state index is -4.40. The van der Waals surface area contributed by atoms with Gasteiger partial charge in [-0.15, -0.1) is 0 Å². The summed E-state index contributed by atoms with van der Waals surface area (Å²) < 4.78 is 39.1. The minimum Gasteiger partial charge on any atom is -0.324 e. The molecule has 1 heterocycles. The van der Waals surface area contributed by atoms with Gasteiger partial charge in [0, 0.05) is 18.4 Å². The summed E-state index contributed by atoms with van der Waals surface area (Å²) in [6.07, 6.45) is -1.18. The second-order valence-electron chi connectivity index (χ2n) is 5.40. The molecule has 2 nitrogen and oxygen atoms in total. The zero-order valence-electron chi connectivity index (χ0n) is 11.2. The summed E-state index contributed by atoms with van der Waals surface area (Å²) >= 11 is 0. The molecule has 2 aromatic rings. The van der Waals surface area contributed by atoms with Gasteiger partial charge in [-0.05, 0) is 35.4 Å². The van der Waals surface area contributed by atoms with Crippen molar-refractivity contribution in [2.75, 3.05) is 0 Å². The number of halogens is 3. The molecule has 21 heavy (non-hydrogen) atoms. The molecule has 1 aliphatic rings. The number of aromatic nitrogens is 1. The normalized spacial score (nSPS) is 22.9. The maximum Gasteiger partial charge on any atom is 0.416 e. The highest BCUT2D eigenvalue weighted by atomic mass is 19.4. The molecule has 0 bridgehead atoms. The van der Waals surface area contributed by atoms with Crippen molar-refractivity contribution in [3.63, 3.8) is 0 Å². The largest absolute Gasteiger partial charge is 0.416 e. The first-order valence-corrected chi connectivity index (χ1v) is 6.80. The monoisotopic (exact) mass is 292 g/mol. The van der Waals surface area contributed by atoms with E-state index in [1.165, 1.54) is 6.20 Å². The molecule has 2 N–H and O–H groups in total. The Morgan fingerprint density at radius 3 is 2.52 bits per heavy atom. The highest BCUT2D eigenvalue weighted by Crippen LogP contribution is 2.54. The Kier molecular flexibility index (Phi) is 3.45. The fourth-order valence-corrected chi connectivity index (χ4v) is 2.86. The predicted molar refractivity (Wildman–Crippen MR) is 73.5 cm³/mol. The molecule has 5 heteroatoms. The van der Waals surface area contributed by atoms with Gasteiger partial charge in [0.15, 0.2) is 0 Å². The lowest BCUT2D eigenvalue weighted by molar-refractivity contribution is -0.138. The molecule has 0 radical (unpaired) electrons. The molecule has 0 saturated heterocycles. The summed E-state index contributed by atoms with van der Waals surface area (Å²) in [5.74, 6) is 0.278. The van der Waals surface area contributed by atoms with E-state index in [9.17, 15) is 13.2 Å². The summed E-state index contributed by atoms with van der Waals surface area (Å²) in [6, 6.07) is 10.1. The van der Waals surface area contributed by atoms with Crippen LogP contribution in [-0.2, 0) is 6.18 Å². The topological polar surface area (TPSA) is 38.9 Å². The van der Waals surface area contributed by atoms with Crippen molar-refractivity contribution in [3.8, 4) is 0 Å². The first-order chi connectivity index (χ1) is 9.98. The summed E-state index contributed by atoms with van der Waals surface area (Å²) in [5, 5.41) is 0. The molecule has 3 rings (SSSR count). The number of rotatable bonds is 3. The van der Waals surface area contributed by atoms with Gasteiger partial charge in [-0.3, -0.25) is 4.98 Å². The molecule has 1 aliphatic carbocycles. The van der Waals surface area contributed by atoms with Crippen LogP contribution in [0.25, 0.3) is 0 Å². The second-order valence-corrected chi connectivity index (χ2v) is 5.40. The third-order valence-electron chi connectivity index (χ3n) is 4.05. The van der Waals surface area contributed by atoms with Crippen LogP contribution >= 0.6 is 0 Å². The van der Waals surface area contributed by atoms with E-state index < -0.39 is 17.8 Å². The fraction of sp³-hybridized carbons (Fsp3) is 0.312. The lowest BCUT2D eigenvalue weighted by Gasteiger charge is -2.17. The lowest BCUT2D eigenvalue weighted by atomic mass is 9.97. The molecule has 1 aromatic carbocycles. The number of nitrogens with zero attached hydrogens (tertiary/aromatic N) is 1. The Hall–Kier alpha value is -1.88. The van der Waals surface area contributed by atoms with Crippen molar-refractivity contribution in [1.82, 2.24) is 4.98 Å². The van der Waals surface area contributed by atoms with Crippen LogP contribution in [0.15, 0.2) is 48.8 Å². The van der Waals surface area contributed by atoms with Gasteiger partial charge in [-0.25, -0.2) is 0 Å². The maximum absolute atomic E-state index is 13.0. The van der Waals surface area contributed by atoms with Crippen molar-refractivity contribution in [2.45, 2.75) is 24.6 Å². The minimum absolute atomic E-state index is 0.0395. The highest BCUT2D eigenvalue weighted by molar-refractivity contribution is 5.34. The standard InChI is InChI=1S/C16H15F3N2/c17-16(18,19)14-6-7-21-9-13(14)15(20)12-8-11(12)10-4-2-1-3-5-10/h1-7,9,11-12,15H,8,20H2. The average Bonchev–Trinajstić information content (AvgIpc) is 3.27. The Morgan fingerprint density at radius 2 is 1.86 bits per heavy atom. The van der Waals surface area contributed by atoms with Crippen LogP contribution in [0.4, 0.5) is 13.2 Å². The highest BCUT2D eigenvalue weighted by Gasteiger charge is 2.45. The van der Waals surface area contributed by atoms with Gasteiger partial charge in [-0.1, -0.05) is 30.3 Å². The van der Waals surface area contributed by atoms with Crippen molar-refractivity contribution in [2.24, 2.45) is 11.7 Å². The molecule has 0 amide bonds. The number of pyridine rings is 1. The van der Waals surface area contributed by atoms with Gasteiger partial charge >= 0.3 is 6.18 Å². The second kappa shape index (κ2) is 5.15. The van der Waals surface area contributed by atoms with Gasteiger partial charge in [0.25, 0.3) is 0 Å². The van der Waals surface area contributed by atoms with Crippen LogP contribution in [0, 0.1) is 5.92 Å². The van der Waals surface area contributed by atoms with Gasteiger partial charge in [-0.2, -0.15) is 13.2 Å². The zero-order valence-corrected chi connectivity index (χ0v) is 11.2. The van der Waals surface area contributed by atoms with Crippen LogP contribution in [0.5, 0.6) is 0 Å². The van der Waals surface area contributed by atoms with Crippen molar-refractivity contribution in [3.05, 3.63) is 65.5 Å². The molecule has 1 saturated carbocycles. The molecule has 3 unspecified atom stereocenters. The number of hydrogen-bond acceptors (Lipinski definition) is 2. The smallest absolute Gasteiger partial charge is 0.324 e. The Morgan fingerprint density at radius 1 is 1.14 bits per heavy atom. The van der Waals surface area contributed by atoms with E-state index >= 15 is 0 Å². The van der Waals surface area contributed by atoms with Gasteiger partial charge in [0.2, 0.25) is 0 Å². The number of benzene rings is 1. The first-order valence-electron chi connectivity index (χ1n) is 6.80. The van der Waals surface area contributed by atoms with Gasteiger partial charge in [0.05, 0.1) is 5.56 Å². The van der Waals surface area contributed by atoms with E-state index in [0.29, 0.717) is 0 Å². The molecule has 3 atom stereocenters. The number of nitrogens with two attached hydrogens (primary N) is 1. The lowest BCUT2D eigenvalue weighted by Crippen LogP contribution is -2.20.